The largest absolute Gasteiger partial charge is 0.426 e. The van der Waals surface area contributed by atoms with E-state index >= 15 is 0 Å². The molecule has 0 radical (unpaired) electrons. The predicted molar refractivity (Wildman–Crippen MR) is 121 cm³/mol. The van der Waals surface area contributed by atoms with Gasteiger partial charge in [0.15, 0.2) is 0 Å². The first kappa shape index (κ1) is 27.4. The molecular formula is C21H23ClF3N3O5S. The summed E-state index contributed by atoms with van der Waals surface area (Å²) in [5, 5.41) is 16.2. The second kappa shape index (κ2) is 9.43. The van der Waals surface area contributed by atoms with Crippen LogP contribution in [0.2, 0.25) is 5.02 Å². The zero-order valence-corrected chi connectivity index (χ0v) is 20.1. The Hall–Kier alpha value is -2.83. The number of amides is 3. The maximum atomic E-state index is 12.9. The van der Waals surface area contributed by atoms with E-state index in [4.69, 9.17) is 11.6 Å². The van der Waals surface area contributed by atoms with E-state index < -0.39 is 39.1 Å². The van der Waals surface area contributed by atoms with Gasteiger partial charge in [-0.15, -0.1) is 0 Å². The van der Waals surface area contributed by atoms with Crippen molar-refractivity contribution in [2.24, 2.45) is 0 Å². The van der Waals surface area contributed by atoms with E-state index in [1.165, 1.54) is 24.3 Å². The molecule has 1 atom stereocenters. The van der Waals surface area contributed by atoms with Crippen molar-refractivity contribution in [2.45, 2.75) is 54.8 Å². The molecule has 2 aromatic carbocycles. The quantitative estimate of drug-likeness (QED) is 0.466. The first-order valence-electron chi connectivity index (χ1n) is 9.69. The summed E-state index contributed by atoms with van der Waals surface area (Å²) in [6.07, 6.45) is -5.23. The van der Waals surface area contributed by atoms with E-state index in [9.17, 15) is 36.3 Å². The van der Waals surface area contributed by atoms with Gasteiger partial charge in [-0.25, -0.2) is 13.2 Å². The molecule has 0 saturated carbocycles. The summed E-state index contributed by atoms with van der Waals surface area (Å²) in [7, 11) is -4.09. The third-order valence-electron chi connectivity index (χ3n) is 4.40. The number of nitrogens with one attached hydrogen (secondary N) is 3. The summed E-state index contributed by atoms with van der Waals surface area (Å²) in [6, 6.07) is 7.80. The molecule has 0 aliphatic rings. The Morgan fingerprint density at radius 3 is 1.91 bits per heavy atom. The van der Waals surface area contributed by atoms with Crippen LogP contribution in [0.25, 0.3) is 0 Å². The first-order chi connectivity index (χ1) is 15.3. The van der Waals surface area contributed by atoms with Crippen LogP contribution in [0.3, 0.4) is 0 Å². The number of urea groups is 1. The molecule has 2 rings (SSSR count). The molecule has 8 nitrogen and oxygen atoms in total. The first-order valence-corrected chi connectivity index (χ1v) is 11.5. The lowest BCUT2D eigenvalue weighted by Gasteiger charge is -2.25. The van der Waals surface area contributed by atoms with Crippen LogP contribution in [0.1, 0.15) is 27.7 Å². The van der Waals surface area contributed by atoms with Gasteiger partial charge in [0.05, 0.1) is 20.5 Å². The van der Waals surface area contributed by atoms with E-state index in [0.717, 1.165) is 18.2 Å². The topological polar surface area (TPSA) is 125 Å². The minimum atomic E-state index is -5.23. The summed E-state index contributed by atoms with van der Waals surface area (Å²) < 4.78 is 64.2. The normalized spacial score (nSPS) is 14.1. The van der Waals surface area contributed by atoms with E-state index in [0.29, 0.717) is 5.69 Å². The van der Waals surface area contributed by atoms with Gasteiger partial charge in [-0.3, -0.25) is 4.79 Å². The van der Waals surface area contributed by atoms with Gasteiger partial charge in [0, 0.05) is 11.2 Å². The highest BCUT2D eigenvalue weighted by Gasteiger charge is 2.55. The highest BCUT2D eigenvalue weighted by atomic mass is 35.5. The van der Waals surface area contributed by atoms with Gasteiger partial charge < -0.3 is 21.1 Å². The zero-order chi connectivity index (χ0) is 26.1. The lowest BCUT2D eigenvalue weighted by molar-refractivity contribution is -0.242. The fourth-order valence-electron chi connectivity index (χ4n) is 2.49. The van der Waals surface area contributed by atoms with Crippen LogP contribution in [0.15, 0.2) is 52.3 Å². The average molecular weight is 522 g/mol. The number of alkyl halides is 3. The second-order valence-electron chi connectivity index (χ2n) is 8.52. The van der Waals surface area contributed by atoms with Crippen LogP contribution < -0.4 is 16.0 Å². The Bertz CT molecular complexity index is 1190. The molecule has 4 N–H and O–H groups in total. The smallest absolute Gasteiger partial charge is 0.373 e. The molecule has 0 unspecified atom stereocenters. The number of carbonyl (C=O) groups is 2. The maximum absolute atomic E-state index is 12.9. The van der Waals surface area contributed by atoms with Crippen molar-refractivity contribution in [1.29, 1.82) is 0 Å². The molecule has 2 aromatic rings. The average Bonchev–Trinajstić information content (AvgIpc) is 2.67. The molecule has 3 amide bonds. The Kier molecular flexibility index (Phi) is 7.61. The lowest BCUT2D eigenvalue weighted by atomic mass is 10.1. The molecule has 13 heteroatoms. The van der Waals surface area contributed by atoms with Gasteiger partial charge in [-0.1, -0.05) is 11.6 Å². The molecule has 0 spiro atoms. The molecule has 0 aliphatic heterocycles. The van der Waals surface area contributed by atoms with Crippen LogP contribution in [-0.2, 0) is 14.6 Å². The van der Waals surface area contributed by atoms with Gasteiger partial charge in [0.2, 0.25) is 15.4 Å². The monoisotopic (exact) mass is 521 g/mol. The Balaban J connectivity index is 2.22. The number of sulfone groups is 1. The zero-order valence-electron chi connectivity index (χ0n) is 18.5. The van der Waals surface area contributed by atoms with Crippen LogP contribution in [-0.4, -0.2) is 42.8 Å². The van der Waals surface area contributed by atoms with Crippen LogP contribution in [0.5, 0.6) is 0 Å². The van der Waals surface area contributed by atoms with Crippen molar-refractivity contribution in [3.05, 3.63) is 47.5 Å². The van der Waals surface area contributed by atoms with Gasteiger partial charge in [0.25, 0.3) is 5.91 Å². The molecule has 0 heterocycles. The lowest BCUT2D eigenvalue weighted by Crippen LogP contribution is -2.52. The van der Waals surface area contributed by atoms with E-state index in [2.05, 4.69) is 10.6 Å². The number of rotatable bonds is 5. The van der Waals surface area contributed by atoms with Crippen molar-refractivity contribution in [3.8, 4) is 0 Å². The van der Waals surface area contributed by atoms with Crippen molar-refractivity contribution in [2.75, 3.05) is 10.6 Å². The SMILES string of the molecule is CC(C)(C)NC(=O)Nc1ccc(S(=O)(=O)c2ccc(NC(=O)[C@@](C)(O)C(F)(F)F)c(Cl)c2)cc1. The summed E-state index contributed by atoms with van der Waals surface area (Å²) in [5.41, 5.74) is -4.13. The van der Waals surface area contributed by atoms with Gasteiger partial charge >= 0.3 is 12.2 Å². The fraction of sp³-hybridized carbons (Fsp3) is 0.333. The number of halogens is 4. The summed E-state index contributed by atoms with van der Waals surface area (Å²) >= 11 is 5.97. The molecule has 0 fully saturated rings. The molecule has 186 valence electrons. The highest BCUT2D eigenvalue weighted by Crippen LogP contribution is 2.33. The van der Waals surface area contributed by atoms with Gasteiger partial charge in [0.1, 0.15) is 0 Å². The number of aliphatic hydroxyl groups is 1. The van der Waals surface area contributed by atoms with Gasteiger partial charge in [-0.05, 0) is 70.2 Å². The molecule has 0 saturated heterocycles. The standard InChI is InChI=1S/C21H23ClF3N3O5S/c1-19(2,3)28-18(30)26-12-5-7-13(8-6-12)34(32,33)14-9-10-16(15(22)11-14)27-17(29)20(4,31)21(23,24)25/h5-11,31H,1-4H3,(H,27,29)(H2,26,28,30)/t20-/m1/s1. The van der Waals surface area contributed by atoms with Crippen LogP contribution >= 0.6 is 11.6 Å². The van der Waals surface area contributed by atoms with Crippen molar-refractivity contribution < 1.29 is 36.3 Å². The summed E-state index contributed by atoms with van der Waals surface area (Å²) in [6.45, 7) is 5.66. The fourth-order valence-corrected chi connectivity index (χ4v) is 4.07. The number of benzene rings is 2. The molecule has 0 bridgehead atoms. The van der Waals surface area contributed by atoms with E-state index in [1.54, 1.807) is 20.8 Å². The molecule has 34 heavy (non-hydrogen) atoms. The number of hydrogen-bond acceptors (Lipinski definition) is 5. The van der Waals surface area contributed by atoms with E-state index in [1.807, 2.05) is 5.32 Å². The Morgan fingerprint density at radius 1 is 0.912 bits per heavy atom. The number of anilines is 2. The molecule has 0 aliphatic carbocycles. The second-order valence-corrected chi connectivity index (χ2v) is 10.9. The van der Waals surface area contributed by atoms with Crippen molar-refractivity contribution in [3.63, 3.8) is 0 Å². The minimum Gasteiger partial charge on any atom is -0.373 e. The number of hydrogen-bond donors (Lipinski definition) is 4. The maximum Gasteiger partial charge on any atom is 0.426 e. The third kappa shape index (κ3) is 6.39. The minimum absolute atomic E-state index is 0.137. The third-order valence-corrected chi connectivity index (χ3v) is 6.48. The van der Waals surface area contributed by atoms with Crippen molar-refractivity contribution >= 4 is 44.8 Å². The summed E-state index contributed by atoms with van der Waals surface area (Å²) in [4.78, 5) is 23.3. The molecular weight excluding hydrogens is 499 g/mol. The summed E-state index contributed by atoms with van der Waals surface area (Å²) in [5.74, 6) is -1.78. The Labute approximate surface area is 199 Å². The van der Waals surface area contributed by atoms with Crippen molar-refractivity contribution in [1.82, 2.24) is 5.32 Å². The highest BCUT2D eigenvalue weighted by molar-refractivity contribution is 7.91. The van der Waals surface area contributed by atoms with E-state index in [-0.39, 0.29) is 27.4 Å². The predicted octanol–water partition coefficient (Wildman–Crippen LogP) is 4.34. The Morgan fingerprint density at radius 2 is 1.44 bits per heavy atom. The van der Waals surface area contributed by atoms with Crippen LogP contribution in [0, 0.1) is 0 Å². The van der Waals surface area contributed by atoms with Crippen LogP contribution in [0.4, 0.5) is 29.3 Å². The molecule has 0 aromatic heterocycles. The van der Waals surface area contributed by atoms with Gasteiger partial charge in [-0.2, -0.15) is 13.2 Å². The number of carbonyl (C=O) groups excluding carboxylic acids is 2.